The SMILES string of the molecule is CCNC(c1cc(Br)c(C)cc1OC)C1CC1(C)C. The highest BCUT2D eigenvalue weighted by Gasteiger charge is 2.50. The van der Waals surface area contributed by atoms with E-state index in [-0.39, 0.29) is 0 Å². The highest BCUT2D eigenvalue weighted by Crippen LogP contribution is 2.58. The van der Waals surface area contributed by atoms with Crippen molar-refractivity contribution in [3.63, 3.8) is 0 Å². The first-order chi connectivity index (χ1) is 8.90. The Morgan fingerprint density at radius 3 is 2.58 bits per heavy atom. The van der Waals surface area contributed by atoms with E-state index in [0.717, 1.165) is 16.8 Å². The van der Waals surface area contributed by atoms with Crippen molar-refractivity contribution in [3.8, 4) is 5.75 Å². The number of methoxy groups -OCH3 is 1. The predicted octanol–water partition coefficient (Wildman–Crippen LogP) is 4.46. The van der Waals surface area contributed by atoms with E-state index >= 15 is 0 Å². The van der Waals surface area contributed by atoms with E-state index in [9.17, 15) is 0 Å². The van der Waals surface area contributed by atoms with Crippen LogP contribution in [0.4, 0.5) is 0 Å². The van der Waals surface area contributed by atoms with Crippen LogP contribution in [0, 0.1) is 18.3 Å². The van der Waals surface area contributed by atoms with E-state index in [0.29, 0.717) is 17.4 Å². The summed E-state index contributed by atoms with van der Waals surface area (Å²) in [4.78, 5) is 0. The minimum Gasteiger partial charge on any atom is -0.496 e. The van der Waals surface area contributed by atoms with Gasteiger partial charge in [0.1, 0.15) is 5.75 Å². The summed E-state index contributed by atoms with van der Waals surface area (Å²) in [7, 11) is 1.76. The van der Waals surface area contributed by atoms with Crippen molar-refractivity contribution < 1.29 is 4.74 Å². The molecule has 0 heterocycles. The molecule has 0 amide bonds. The highest BCUT2D eigenvalue weighted by atomic mass is 79.9. The Labute approximate surface area is 125 Å². The monoisotopic (exact) mass is 325 g/mol. The molecule has 1 N–H and O–H groups in total. The summed E-state index contributed by atoms with van der Waals surface area (Å²) in [5, 5.41) is 3.64. The van der Waals surface area contributed by atoms with Gasteiger partial charge >= 0.3 is 0 Å². The number of nitrogens with one attached hydrogen (secondary N) is 1. The van der Waals surface area contributed by atoms with Crippen molar-refractivity contribution >= 4 is 15.9 Å². The number of hydrogen-bond donors (Lipinski definition) is 1. The number of aryl methyl sites for hydroxylation is 1. The van der Waals surface area contributed by atoms with Crippen LogP contribution in [0.2, 0.25) is 0 Å². The van der Waals surface area contributed by atoms with Crippen LogP contribution in [0.1, 0.15) is 44.4 Å². The number of halogens is 1. The van der Waals surface area contributed by atoms with Crippen LogP contribution in [-0.4, -0.2) is 13.7 Å². The molecule has 0 saturated heterocycles. The Bertz CT molecular complexity index is 470. The third-order valence-electron chi connectivity index (χ3n) is 4.26. The molecule has 1 saturated carbocycles. The molecule has 1 aliphatic rings. The molecule has 2 unspecified atom stereocenters. The van der Waals surface area contributed by atoms with Crippen LogP contribution in [0.5, 0.6) is 5.75 Å². The van der Waals surface area contributed by atoms with Gasteiger partial charge in [0, 0.05) is 16.1 Å². The number of ether oxygens (including phenoxy) is 1. The fourth-order valence-corrected chi connectivity index (χ4v) is 3.22. The molecule has 0 aromatic heterocycles. The number of benzene rings is 1. The maximum absolute atomic E-state index is 5.59. The lowest BCUT2D eigenvalue weighted by atomic mass is 9.95. The summed E-state index contributed by atoms with van der Waals surface area (Å²) in [5.74, 6) is 1.69. The van der Waals surface area contributed by atoms with E-state index in [1.165, 1.54) is 17.5 Å². The first-order valence-electron chi connectivity index (χ1n) is 6.98. The van der Waals surface area contributed by atoms with Gasteiger partial charge in [0.05, 0.1) is 7.11 Å². The van der Waals surface area contributed by atoms with Crippen LogP contribution < -0.4 is 10.1 Å². The van der Waals surface area contributed by atoms with Gasteiger partial charge in [-0.3, -0.25) is 0 Å². The maximum Gasteiger partial charge on any atom is 0.123 e. The van der Waals surface area contributed by atoms with Gasteiger partial charge in [-0.1, -0.05) is 36.7 Å². The molecule has 2 atom stereocenters. The van der Waals surface area contributed by atoms with Gasteiger partial charge in [-0.25, -0.2) is 0 Å². The Hall–Kier alpha value is -0.540. The zero-order chi connectivity index (χ0) is 14.2. The van der Waals surface area contributed by atoms with Gasteiger partial charge in [0.25, 0.3) is 0 Å². The van der Waals surface area contributed by atoms with Crippen molar-refractivity contribution in [3.05, 3.63) is 27.7 Å². The maximum atomic E-state index is 5.59. The zero-order valence-electron chi connectivity index (χ0n) is 12.5. The van der Waals surface area contributed by atoms with Gasteiger partial charge in [-0.05, 0) is 48.9 Å². The standard InChI is InChI=1S/C16H24BrNO/c1-6-18-15(12-9-16(12,3)4)11-8-13(17)10(2)7-14(11)19-5/h7-8,12,15,18H,6,9H2,1-5H3. The molecule has 0 aliphatic heterocycles. The molecular formula is C16H24BrNO. The molecule has 1 aromatic carbocycles. The minimum atomic E-state index is 0.381. The summed E-state index contributed by atoms with van der Waals surface area (Å²) in [6, 6.07) is 4.72. The summed E-state index contributed by atoms with van der Waals surface area (Å²) >= 11 is 3.64. The third kappa shape index (κ3) is 2.97. The molecule has 1 aromatic rings. The van der Waals surface area contributed by atoms with Gasteiger partial charge in [-0.15, -0.1) is 0 Å². The second-order valence-electron chi connectivity index (χ2n) is 6.18. The molecule has 1 aliphatic carbocycles. The summed E-state index contributed by atoms with van der Waals surface area (Å²) in [5.41, 5.74) is 2.93. The molecule has 2 rings (SSSR count). The molecule has 0 radical (unpaired) electrons. The second kappa shape index (κ2) is 5.45. The van der Waals surface area contributed by atoms with E-state index < -0.39 is 0 Å². The number of rotatable bonds is 5. The van der Waals surface area contributed by atoms with Crippen molar-refractivity contribution in [2.45, 2.75) is 40.2 Å². The molecule has 1 fully saturated rings. The number of hydrogen-bond acceptors (Lipinski definition) is 2. The van der Waals surface area contributed by atoms with Gasteiger partial charge in [0.2, 0.25) is 0 Å². The first-order valence-corrected chi connectivity index (χ1v) is 7.77. The van der Waals surface area contributed by atoms with Gasteiger partial charge < -0.3 is 10.1 Å². The van der Waals surface area contributed by atoms with Crippen LogP contribution in [-0.2, 0) is 0 Å². The van der Waals surface area contributed by atoms with Crippen LogP contribution in [0.25, 0.3) is 0 Å². The van der Waals surface area contributed by atoms with E-state index in [1.807, 2.05) is 0 Å². The lowest BCUT2D eigenvalue weighted by Gasteiger charge is -2.23. The Morgan fingerprint density at radius 2 is 2.11 bits per heavy atom. The predicted molar refractivity (Wildman–Crippen MR) is 83.7 cm³/mol. The second-order valence-corrected chi connectivity index (χ2v) is 7.03. The average Bonchev–Trinajstić information content (AvgIpc) is 2.98. The van der Waals surface area contributed by atoms with Crippen LogP contribution in [0.3, 0.4) is 0 Å². The molecule has 0 bridgehead atoms. The van der Waals surface area contributed by atoms with Crippen molar-refractivity contribution in [2.75, 3.05) is 13.7 Å². The van der Waals surface area contributed by atoms with Crippen molar-refractivity contribution in [2.24, 2.45) is 11.3 Å². The topological polar surface area (TPSA) is 21.3 Å². The summed E-state index contributed by atoms with van der Waals surface area (Å²) < 4.78 is 6.75. The van der Waals surface area contributed by atoms with E-state index in [2.05, 4.69) is 61.1 Å². The first kappa shape index (κ1) is 14.9. The van der Waals surface area contributed by atoms with Crippen molar-refractivity contribution in [1.29, 1.82) is 0 Å². The highest BCUT2D eigenvalue weighted by molar-refractivity contribution is 9.10. The van der Waals surface area contributed by atoms with Gasteiger partial charge in [0.15, 0.2) is 0 Å². The smallest absolute Gasteiger partial charge is 0.123 e. The zero-order valence-corrected chi connectivity index (χ0v) is 14.1. The lowest BCUT2D eigenvalue weighted by molar-refractivity contribution is 0.377. The summed E-state index contributed by atoms with van der Waals surface area (Å²) in [6.07, 6.45) is 1.28. The minimum absolute atomic E-state index is 0.381. The Kier molecular flexibility index (Phi) is 4.26. The normalized spacial score (nSPS) is 22.1. The third-order valence-corrected chi connectivity index (χ3v) is 5.12. The summed E-state index contributed by atoms with van der Waals surface area (Å²) in [6.45, 7) is 9.93. The molecule has 19 heavy (non-hydrogen) atoms. The molecule has 3 heteroatoms. The largest absolute Gasteiger partial charge is 0.496 e. The van der Waals surface area contributed by atoms with E-state index in [4.69, 9.17) is 4.74 Å². The Balaban J connectivity index is 2.39. The van der Waals surface area contributed by atoms with Crippen LogP contribution in [0.15, 0.2) is 16.6 Å². The molecule has 2 nitrogen and oxygen atoms in total. The quantitative estimate of drug-likeness (QED) is 0.862. The van der Waals surface area contributed by atoms with E-state index in [1.54, 1.807) is 7.11 Å². The Morgan fingerprint density at radius 1 is 1.47 bits per heavy atom. The fraction of sp³-hybridized carbons (Fsp3) is 0.625. The average molecular weight is 326 g/mol. The van der Waals surface area contributed by atoms with Crippen LogP contribution >= 0.6 is 15.9 Å². The fourth-order valence-electron chi connectivity index (χ4n) is 2.86. The lowest BCUT2D eigenvalue weighted by Crippen LogP contribution is -2.25. The van der Waals surface area contributed by atoms with Crippen molar-refractivity contribution in [1.82, 2.24) is 5.32 Å². The van der Waals surface area contributed by atoms with Gasteiger partial charge in [-0.2, -0.15) is 0 Å². The molecule has 0 spiro atoms. The molecular weight excluding hydrogens is 302 g/mol. The molecule has 106 valence electrons.